The van der Waals surface area contributed by atoms with Gasteiger partial charge in [-0.15, -0.1) is 0 Å². The van der Waals surface area contributed by atoms with Gasteiger partial charge < -0.3 is 20.1 Å². The largest absolute Gasteiger partial charge is 0.497 e. The Kier molecular flexibility index (Phi) is 6.28. The summed E-state index contributed by atoms with van der Waals surface area (Å²) in [6.07, 6.45) is 3.05. The third-order valence-corrected chi connectivity index (χ3v) is 6.67. The first-order valence-electron chi connectivity index (χ1n) is 11.0. The minimum Gasteiger partial charge on any atom is -0.497 e. The van der Waals surface area contributed by atoms with E-state index < -0.39 is 5.54 Å². The SMILES string of the molecule is COc1ccc(CC(=O)N2[C@@H](c3ccccc3)[C@@H](CO)C[C@]23CCCCNC3=O)cc1. The van der Waals surface area contributed by atoms with Crippen LogP contribution in [0.1, 0.15) is 42.9 Å². The molecular weight excluding hydrogens is 392 g/mol. The molecule has 0 aliphatic carbocycles. The lowest BCUT2D eigenvalue weighted by molar-refractivity contribution is -0.147. The van der Waals surface area contributed by atoms with Crippen molar-refractivity contribution >= 4 is 11.8 Å². The van der Waals surface area contributed by atoms with Crippen LogP contribution in [-0.4, -0.2) is 47.6 Å². The Bertz CT molecular complexity index is 915. The molecule has 0 saturated carbocycles. The predicted octanol–water partition coefficient (Wildman–Crippen LogP) is 2.86. The van der Waals surface area contributed by atoms with Crippen LogP contribution in [0.25, 0.3) is 0 Å². The topological polar surface area (TPSA) is 78.9 Å². The molecule has 164 valence electrons. The Morgan fingerprint density at radius 1 is 1.16 bits per heavy atom. The summed E-state index contributed by atoms with van der Waals surface area (Å²) in [4.78, 5) is 28.9. The minimum absolute atomic E-state index is 0.0685. The molecule has 2 amide bonds. The number of rotatable bonds is 5. The van der Waals surface area contributed by atoms with E-state index in [0.717, 1.165) is 29.7 Å². The Hall–Kier alpha value is -2.86. The highest BCUT2D eigenvalue weighted by Gasteiger charge is 2.57. The molecule has 31 heavy (non-hydrogen) atoms. The summed E-state index contributed by atoms with van der Waals surface area (Å²) in [7, 11) is 1.61. The van der Waals surface area contributed by atoms with Crippen molar-refractivity contribution in [3.63, 3.8) is 0 Å². The Balaban J connectivity index is 1.74. The standard InChI is InChI=1S/C25H30N2O4/c1-31-21-11-9-18(10-12-21)15-22(29)27-23(19-7-3-2-4-8-19)20(17-28)16-25(27)13-5-6-14-26-24(25)30/h2-4,7-12,20,23,28H,5-6,13-17H2,1H3,(H,26,30)/t20-,23+,25+/m1/s1. The highest BCUT2D eigenvalue weighted by Crippen LogP contribution is 2.49. The zero-order chi connectivity index (χ0) is 21.8. The molecule has 2 saturated heterocycles. The number of hydrogen-bond donors (Lipinski definition) is 2. The van der Waals surface area contributed by atoms with Gasteiger partial charge in [-0.2, -0.15) is 0 Å². The maximum atomic E-state index is 13.8. The molecule has 2 N–H and O–H groups in total. The predicted molar refractivity (Wildman–Crippen MR) is 118 cm³/mol. The second kappa shape index (κ2) is 9.10. The lowest BCUT2D eigenvalue weighted by Gasteiger charge is -2.39. The van der Waals surface area contributed by atoms with Gasteiger partial charge in [-0.1, -0.05) is 42.5 Å². The molecule has 1 spiro atoms. The van der Waals surface area contributed by atoms with Gasteiger partial charge in [0.2, 0.25) is 11.8 Å². The van der Waals surface area contributed by atoms with E-state index in [1.54, 1.807) is 12.0 Å². The average molecular weight is 423 g/mol. The summed E-state index contributed by atoms with van der Waals surface area (Å²) in [6, 6.07) is 16.9. The third kappa shape index (κ3) is 4.04. The van der Waals surface area contributed by atoms with Crippen molar-refractivity contribution in [1.29, 1.82) is 0 Å². The summed E-state index contributed by atoms with van der Waals surface area (Å²) in [5, 5.41) is 13.3. The van der Waals surface area contributed by atoms with E-state index >= 15 is 0 Å². The molecule has 4 rings (SSSR count). The highest BCUT2D eigenvalue weighted by atomic mass is 16.5. The zero-order valence-corrected chi connectivity index (χ0v) is 17.9. The number of nitrogens with zero attached hydrogens (tertiary/aromatic N) is 1. The lowest BCUT2D eigenvalue weighted by Crippen LogP contribution is -2.57. The summed E-state index contributed by atoms with van der Waals surface area (Å²) in [5.41, 5.74) is 0.904. The van der Waals surface area contributed by atoms with Gasteiger partial charge in [-0.3, -0.25) is 9.59 Å². The van der Waals surface area contributed by atoms with Gasteiger partial charge in [-0.05, 0) is 48.9 Å². The second-order valence-electron chi connectivity index (χ2n) is 8.54. The van der Waals surface area contributed by atoms with Crippen LogP contribution in [0.3, 0.4) is 0 Å². The third-order valence-electron chi connectivity index (χ3n) is 6.67. The van der Waals surface area contributed by atoms with Gasteiger partial charge in [0.1, 0.15) is 11.3 Å². The lowest BCUT2D eigenvalue weighted by atomic mass is 9.86. The van der Waals surface area contributed by atoms with Crippen LogP contribution < -0.4 is 10.1 Å². The minimum atomic E-state index is -0.923. The molecule has 0 radical (unpaired) electrons. The van der Waals surface area contributed by atoms with Gasteiger partial charge in [-0.25, -0.2) is 0 Å². The quantitative estimate of drug-likeness (QED) is 0.777. The maximum absolute atomic E-state index is 13.8. The number of aliphatic hydroxyl groups is 1. The van der Waals surface area contributed by atoms with Gasteiger partial charge in [0.05, 0.1) is 19.6 Å². The number of likely N-dealkylation sites (tertiary alicyclic amines) is 1. The van der Waals surface area contributed by atoms with Gasteiger partial charge in [0.25, 0.3) is 0 Å². The van der Waals surface area contributed by atoms with E-state index in [-0.39, 0.29) is 36.8 Å². The van der Waals surface area contributed by atoms with Crippen molar-refractivity contribution in [2.75, 3.05) is 20.3 Å². The maximum Gasteiger partial charge on any atom is 0.246 e. The molecule has 0 aromatic heterocycles. The fourth-order valence-corrected chi connectivity index (χ4v) is 5.20. The summed E-state index contributed by atoms with van der Waals surface area (Å²) >= 11 is 0. The van der Waals surface area contributed by atoms with Crippen molar-refractivity contribution in [3.05, 3.63) is 65.7 Å². The zero-order valence-electron chi connectivity index (χ0n) is 17.9. The van der Waals surface area contributed by atoms with Crippen molar-refractivity contribution in [2.45, 2.75) is 43.7 Å². The van der Waals surface area contributed by atoms with Gasteiger partial charge in [0, 0.05) is 19.1 Å². The fraction of sp³-hybridized carbons (Fsp3) is 0.440. The number of amides is 2. The van der Waals surface area contributed by atoms with Crippen LogP contribution in [0, 0.1) is 5.92 Å². The van der Waals surface area contributed by atoms with E-state index in [1.807, 2.05) is 54.6 Å². The average Bonchev–Trinajstić information content (AvgIpc) is 3.04. The Labute approximate surface area is 183 Å². The van der Waals surface area contributed by atoms with Crippen LogP contribution >= 0.6 is 0 Å². The Morgan fingerprint density at radius 2 is 1.90 bits per heavy atom. The van der Waals surface area contributed by atoms with E-state index in [2.05, 4.69) is 5.32 Å². The fourth-order valence-electron chi connectivity index (χ4n) is 5.20. The first-order valence-corrected chi connectivity index (χ1v) is 11.0. The molecule has 6 nitrogen and oxygen atoms in total. The molecule has 2 aromatic carbocycles. The molecule has 2 heterocycles. The van der Waals surface area contributed by atoms with Crippen molar-refractivity contribution in [2.24, 2.45) is 5.92 Å². The monoisotopic (exact) mass is 422 g/mol. The number of aliphatic hydroxyl groups excluding tert-OH is 1. The van der Waals surface area contributed by atoms with Gasteiger partial charge in [0.15, 0.2) is 0 Å². The smallest absolute Gasteiger partial charge is 0.246 e. The number of hydrogen-bond acceptors (Lipinski definition) is 4. The van der Waals surface area contributed by atoms with E-state index in [4.69, 9.17) is 4.74 Å². The number of carbonyl (C=O) groups is 2. The van der Waals surface area contributed by atoms with Gasteiger partial charge >= 0.3 is 0 Å². The molecule has 2 fully saturated rings. The molecule has 2 aliphatic heterocycles. The Morgan fingerprint density at radius 3 is 2.58 bits per heavy atom. The molecule has 2 aliphatic rings. The van der Waals surface area contributed by atoms with Crippen molar-refractivity contribution < 1.29 is 19.4 Å². The number of nitrogens with one attached hydrogen (secondary N) is 1. The van der Waals surface area contributed by atoms with Crippen LogP contribution in [-0.2, 0) is 16.0 Å². The molecule has 3 atom stereocenters. The normalized spacial score (nSPS) is 25.9. The molecule has 0 bridgehead atoms. The van der Waals surface area contributed by atoms with Crippen LogP contribution in [0.2, 0.25) is 0 Å². The summed E-state index contributed by atoms with van der Waals surface area (Å²) in [5.74, 6) is 0.363. The first-order chi connectivity index (χ1) is 15.1. The summed E-state index contributed by atoms with van der Waals surface area (Å²) < 4.78 is 5.22. The van der Waals surface area contributed by atoms with Crippen molar-refractivity contribution in [3.8, 4) is 5.75 Å². The highest BCUT2D eigenvalue weighted by molar-refractivity contribution is 5.93. The first kappa shape index (κ1) is 21.4. The van der Waals surface area contributed by atoms with Crippen LogP contribution in [0.15, 0.2) is 54.6 Å². The molecule has 6 heteroatoms. The second-order valence-corrected chi connectivity index (χ2v) is 8.54. The molecular formula is C25H30N2O4. The summed E-state index contributed by atoms with van der Waals surface area (Å²) in [6.45, 7) is 0.557. The number of ether oxygens (including phenoxy) is 1. The molecule has 0 unspecified atom stereocenters. The van der Waals surface area contributed by atoms with E-state index in [1.165, 1.54) is 0 Å². The van der Waals surface area contributed by atoms with E-state index in [0.29, 0.717) is 19.4 Å². The van der Waals surface area contributed by atoms with E-state index in [9.17, 15) is 14.7 Å². The van der Waals surface area contributed by atoms with Crippen molar-refractivity contribution in [1.82, 2.24) is 10.2 Å². The van der Waals surface area contributed by atoms with Crippen LogP contribution in [0.5, 0.6) is 5.75 Å². The molecule has 2 aromatic rings. The van der Waals surface area contributed by atoms with Crippen LogP contribution in [0.4, 0.5) is 0 Å². The number of carbonyl (C=O) groups excluding carboxylic acids is 2. The number of methoxy groups -OCH3 is 1. The number of benzene rings is 2.